The van der Waals surface area contributed by atoms with Gasteiger partial charge >= 0.3 is 5.97 Å². The molecule has 1 aliphatic heterocycles. The first-order chi connectivity index (χ1) is 12.3. The molecule has 1 saturated heterocycles. The van der Waals surface area contributed by atoms with E-state index in [2.05, 4.69) is 15.9 Å². The molecule has 1 fully saturated rings. The van der Waals surface area contributed by atoms with E-state index < -0.39 is 23.2 Å². The number of hydrogen-bond donors (Lipinski definition) is 1. The highest BCUT2D eigenvalue weighted by Crippen LogP contribution is 2.39. The number of hydrogen-bond acceptors (Lipinski definition) is 7. The van der Waals surface area contributed by atoms with Crippen molar-refractivity contribution in [3.63, 3.8) is 0 Å². The van der Waals surface area contributed by atoms with Crippen molar-refractivity contribution in [2.24, 2.45) is 0 Å². The summed E-state index contributed by atoms with van der Waals surface area (Å²) in [5.41, 5.74) is 0.317. The van der Waals surface area contributed by atoms with Gasteiger partial charge in [0.15, 0.2) is 11.5 Å². The Labute approximate surface area is 163 Å². The number of halogens is 1. The minimum Gasteiger partial charge on any atom is -0.504 e. The lowest BCUT2D eigenvalue weighted by atomic mass is 10.1. The number of rotatable bonds is 6. The van der Waals surface area contributed by atoms with Crippen LogP contribution in [-0.4, -0.2) is 46.4 Å². The summed E-state index contributed by atoms with van der Waals surface area (Å²) >= 11 is 4.01. The Balaban J connectivity index is 2.35. The van der Waals surface area contributed by atoms with E-state index in [-0.39, 0.29) is 23.0 Å². The Bertz CT molecular complexity index is 779. The summed E-state index contributed by atoms with van der Waals surface area (Å²) in [4.78, 5) is 37.5. The van der Waals surface area contributed by atoms with E-state index in [1.165, 1.54) is 13.0 Å². The molecule has 1 atom stereocenters. The number of ether oxygens (including phenoxy) is 2. The number of thioether (sulfide) groups is 1. The average molecular weight is 444 g/mol. The fraction of sp³-hybridized carbons (Fsp3) is 0.353. The second-order valence-corrected chi connectivity index (χ2v) is 7.16. The maximum Gasteiger partial charge on any atom is 0.329 e. The maximum atomic E-state index is 12.6. The molecule has 0 spiro atoms. The van der Waals surface area contributed by atoms with Crippen molar-refractivity contribution in [3.05, 3.63) is 27.1 Å². The summed E-state index contributed by atoms with van der Waals surface area (Å²) in [5, 5.41) is 9.74. The van der Waals surface area contributed by atoms with Crippen molar-refractivity contribution in [1.82, 2.24) is 4.90 Å². The molecule has 2 amide bonds. The van der Waals surface area contributed by atoms with E-state index in [1.807, 2.05) is 0 Å². The molecule has 0 radical (unpaired) electrons. The zero-order chi connectivity index (χ0) is 19.4. The largest absolute Gasteiger partial charge is 0.504 e. The van der Waals surface area contributed by atoms with Gasteiger partial charge in [0.1, 0.15) is 6.04 Å². The first-order valence-electron chi connectivity index (χ1n) is 7.89. The van der Waals surface area contributed by atoms with Crippen LogP contribution >= 0.6 is 27.7 Å². The van der Waals surface area contributed by atoms with Crippen LogP contribution in [0.3, 0.4) is 0 Å². The Morgan fingerprint density at radius 3 is 2.65 bits per heavy atom. The second kappa shape index (κ2) is 8.59. The normalized spacial score (nSPS) is 16.9. The first kappa shape index (κ1) is 20.3. The lowest BCUT2D eigenvalue weighted by molar-refractivity contribution is -0.150. The SMILES string of the molecule is CCOC(=O)[C@H](C)N1C(=O)S/C(=C\c2cc(Br)cc(OCC)c2O)C1=O. The van der Waals surface area contributed by atoms with Gasteiger partial charge in [-0.3, -0.25) is 14.5 Å². The second-order valence-electron chi connectivity index (χ2n) is 5.25. The number of amides is 2. The molecule has 26 heavy (non-hydrogen) atoms. The van der Waals surface area contributed by atoms with Crippen molar-refractivity contribution in [2.45, 2.75) is 26.8 Å². The third-order valence-corrected chi connectivity index (χ3v) is 4.84. The zero-order valence-electron chi connectivity index (χ0n) is 14.4. The lowest BCUT2D eigenvalue weighted by Crippen LogP contribution is -2.42. The smallest absolute Gasteiger partial charge is 0.329 e. The molecule has 0 aliphatic carbocycles. The molecule has 0 bridgehead atoms. The Morgan fingerprint density at radius 1 is 1.35 bits per heavy atom. The maximum absolute atomic E-state index is 12.6. The van der Waals surface area contributed by atoms with E-state index in [0.717, 1.165) is 4.90 Å². The van der Waals surface area contributed by atoms with Gasteiger partial charge in [-0.2, -0.15) is 0 Å². The van der Waals surface area contributed by atoms with Crippen LogP contribution < -0.4 is 4.74 Å². The van der Waals surface area contributed by atoms with Gasteiger partial charge in [-0.05, 0) is 50.7 Å². The third kappa shape index (κ3) is 4.21. The summed E-state index contributed by atoms with van der Waals surface area (Å²) in [6.45, 7) is 5.37. The van der Waals surface area contributed by atoms with Crippen LogP contribution in [0.1, 0.15) is 26.3 Å². The quantitative estimate of drug-likeness (QED) is 0.530. The molecule has 0 unspecified atom stereocenters. The van der Waals surface area contributed by atoms with Crippen molar-refractivity contribution in [3.8, 4) is 11.5 Å². The minimum absolute atomic E-state index is 0.0991. The molecule has 7 nitrogen and oxygen atoms in total. The minimum atomic E-state index is -1.02. The molecule has 0 saturated carbocycles. The topological polar surface area (TPSA) is 93.1 Å². The predicted molar refractivity (Wildman–Crippen MR) is 101 cm³/mol. The monoisotopic (exact) mass is 443 g/mol. The van der Waals surface area contributed by atoms with Gasteiger partial charge in [0, 0.05) is 10.0 Å². The number of phenolic OH excluding ortho intramolecular Hbond substituents is 1. The number of nitrogens with zero attached hydrogens (tertiary/aromatic N) is 1. The van der Waals surface area contributed by atoms with Gasteiger partial charge in [-0.1, -0.05) is 15.9 Å². The zero-order valence-corrected chi connectivity index (χ0v) is 16.8. The van der Waals surface area contributed by atoms with Crippen LogP contribution in [0.25, 0.3) is 6.08 Å². The van der Waals surface area contributed by atoms with E-state index >= 15 is 0 Å². The Hall–Kier alpha value is -2.00. The Kier molecular flexibility index (Phi) is 6.71. The average Bonchev–Trinajstić information content (AvgIpc) is 2.85. The molecule has 140 valence electrons. The molecular weight excluding hydrogens is 426 g/mol. The van der Waals surface area contributed by atoms with E-state index in [4.69, 9.17) is 9.47 Å². The van der Waals surface area contributed by atoms with Crippen LogP contribution in [-0.2, 0) is 14.3 Å². The van der Waals surface area contributed by atoms with Crippen molar-refractivity contribution < 1.29 is 29.0 Å². The molecule has 1 aromatic carbocycles. The fourth-order valence-corrected chi connectivity index (χ4v) is 3.65. The molecule has 9 heteroatoms. The molecular formula is C17H18BrNO6S. The summed E-state index contributed by atoms with van der Waals surface area (Å²) in [5.74, 6) is -1.15. The number of imide groups is 1. The number of carbonyl (C=O) groups is 3. The number of esters is 1. The van der Waals surface area contributed by atoms with Crippen LogP contribution in [0.2, 0.25) is 0 Å². The van der Waals surface area contributed by atoms with Gasteiger partial charge < -0.3 is 14.6 Å². The third-order valence-electron chi connectivity index (χ3n) is 3.49. The highest BCUT2D eigenvalue weighted by molar-refractivity contribution is 9.10. The van der Waals surface area contributed by atoms with Crippen LogP contribution in [0.5, 0.6) is 11.5 Å². The number of benzene rings is 1. The molecule has 1 aliphatic rings. The van der Waals surface area contributed by atoms with Gasteiger partial charge in [0.05, 0.1) is 18.1 Å². The molecule has 1 N–H and O–H groups in total. The predicted octanol–water partition coefficient (Wildman–Crippen LogP) is 3.54. The Morgan fingerprint density at radius 2 is 2.04 bits per heavy atom. The van der Waals surface area contributed by atoms with Crippen molar-refractivity contribution in [2.75, 3.05) is 13.2 Å². The van der Waals surface area contributed by atoms with Crippen molar-refractivity contribution in [1.29, 1.82) is 0 Å². The van der Waals surface area contributed by atoms with Crippen LogP contribution in [0.15, 0.2) is 21.5 Å². The number of carbonyl (C=O) groups excluding carboxylic acids is 3. The van der Waals surface area contributed by atoms with E-state index in [1.54, 1.807) is 26.0 Å². The summed E-state index contributed by atoms with van der Waals surface area (Å²) in [6, 6.07) is 2.18. The van der Waals surface area contributed by atoms with Crippen LogP contribution in [0.4, 0.5) is 4.79 Å². The highest BCUT2D eigenvalue weighted by Gasteiger charge is 2.41. The van der Waals surface area contributed by atoms with Gasteiger partial charge in [-0.25, -0.2) is 4.79 Å². The van der Waals surface area contributed by atoms with Crippen LogP contribution in [0, 0.1) is 0 Å². The van der Waals surface area contributed by atoms with Crippen molar-refractivity contribution >= 4 is 50.9 Å². The van der Waals surface area contributed by atoms with Gasteiger partial charge in [-0.15, -0.1) is 0 Å². The number of phenols is 1. The molecule has 1 heterocycles. The summed E-state index contributed by atoms with van der Waals surface area (Å²) in [6.07, 6.45) is 1.39. The van der Waals surface area contributed by atoms with E-state index in [9.17, 15) is 19.5 Å². The molecule has 0 aromatic heterocycles. The highest BCUT2D eigenvalue weighted by atomic mass is 79.9. The standard InChI is InChI=1S/C17H18BrNO6S/c1-4-24-12-8-11(18)6-10(14(12)20)7-13-15(21)19(17(23)26-13)9(3)16(22)25-5-2/h6-9,20H,4-5H2,1-3H3/b13-7-/t9-/m0/s1. The summed E-state index contributed by atoms with van der Waals surface area (Å²) < 4.78 is 10.9. The van der Waals surface area contributed by atoms with E-state index in [0.29, 0.717) is 28.4 Å². The molecule has 2 rings (SSSR count). The summed E-state index contributed by atoms with van der Waals surface area (Å²) in [7, 11) is 0. The molecule has 1 aromatic rings. The fourth-order valence-electron chi connectivity index (χ4n) is 2.29. The number of aromatic hydroxyl groups is 1. The lowest BCUT2D eigenvalue weighted by Gasteiger charge is -2.19. The van der Waals surface area contributed by atoms with Gasteiger partial charge in [0.25, 0.3) is 11.1 Å². The first-order valence-corrected chi connectivity index (χ1v) is 9.50. The van der Waals surface area contributed by atoms with Gasteiger partial charge in [0.2, 0.25) is 0 Å².